The number of halogens is 3. The van der Waals surface area contributed by atoms with E-state index in [1.54, 1.807) is 0 Å². The molecule has 0 aromatic carbocycles. The summed E-state index contributed by atoms with van der Waals surface area (Å²) in [5.74, 6) is -3.20. The molecule has 0 bridgehead atoms. The summed E-state index contributed by atoms with van der Waals surface area (Å²) in [4.78, 5) is 27.6. The highest BCUT2D eigenvalue weighted by Gasteiger charge is 2.46. The first kappa shape index (κ1) is 19.9. The summed E-state index contributed by atoms with van der Waals surface area (Å²) in [7, 11) is 0. The number of ether oxygens (including phenoxy) is 1. The summed E-state index contributed by atoms with van der Waals surface area (Å²) in [6.45, 7) is 0.776. The predicted octanol–water partition coefficient (Wildman–Crippen LogP) is 2.32. The second-order valence-corrected chi connectivity index (χ2v) is 6.00. The van der Waals surface area contributed by atoms with Crippen LogP contribution in [0, 0.1) is 0 Å². The SMILES string of the molecule is O=C(O)C(F)(F)F.O=C(O)c1cnc(NC2CCOC23CCCC3)cn1. The summed E-state index contributed by atoms with van der Waals surface area (Å²) in [6.07, 6.45) is 3.23. The first-order valence-electron chi connectivity index (χ1n) is 7.90. The molecule has 11 heteroatoms. The Hall–Kier alpha value is -2.43. The summed E-state index contributed by atoms with van der Waals surface area (Å²) < 4.78 is 37.7. The fourth-order valence-electron chi connectivity index (χ4n) is 3.11. The van der Waals surface area contributed by atoms with Gasteiger partial charge in [-0.2, -0.15) is 13.2 Å². The van der Waals surface area contributed by atoms with E-state index in [4.69, 9.17) is 19.7 Å². The van der Waals surface area contributed by atoms with Crippen LogP contribution in [0.2, 0.25) is 0 Å². The highest BCUT2D eigenvalue weighted by atomic mass is 19.4. The monoisotopic (exact) mass is 377 g/mol. The first-order valence-corrected chi connectivity index (χ1v) is 7.90. The lowest BCUT2D eigenvalue weighted by Gasteiger charge is -2.30. The maximum Gasteiger partial charge on any atom is 0.490 e. The fourth-order valence-corrected chi connectivity index (χ4v) is 3.11. The second-order valence-electron chi connectivity index (χ2n) is 6.00. The number of aromatic nitrogens is 2. The van der Waals surface area contributed by atoms with Crippen molar-refractivity contribution in [1.29, 1.82) is 0 Å². The van der Waals surface area contributed by atoms with E-state index in [1.807, 2.05) is 0 Å². The molecule has 3 N–H and O–H groups in total. The number of carboxylic acids is 2. The molecule has 1 saturated carbocycles. The average molecular weight is 377 g/mol. The Balaban J connectivity index is 0.000000298. The minimum absolute atomic E-state index is 0.0381. The number of alkyl halides is 3. The summed E-state index contributed by atoms with van der Waals surface area (Å²) >= 11 is 0. The molecule has 3 rings (SSSR count). The van der Waals surface area contributed by atoms with E-state index in [2.05, 4.69) is 15.3 Å². The molecule has 2 fully saturated rings. The van der Waals surface area contributed by atoms with Crippen molar-refractivity contribution in [3.63, 3.8) is 0 Å². The van der Waals surface area contributed by atoms with Crippen LogP contribution in [-0.4, -0.2) is 56.5 Å². The van der Waals surface area contributed by atoms with Crippen LogP contribution >= 0.6 is 0 Å². The molecule has 2 aliphatic rings. The second kappa shape index (κ2) is 7.85. The number of hydrogen-bond donors (Lipinski definition) is 3. The third-order valence-electron chi connectivity index (χ3n) is 4.32. The van der Waals surface area contributed by atoms with Crippen molar-refractivity contribution in [2.45, 2.75) is 49.9 Å². The topological polar surface area (TPSA) is 122 Å². The largest absolute Gasteiger partial charge is 0.490 e. The molecule has 26 heavy (non-hydrogen) atoms. The lowest BCUT2D eigenvalue weighted by atomic mass is 9.92. The van der Waals surface area contributed by atoms with Crippen LogP contribution in [-0.2, 0) is 9.53 Å². The van der Waals surface area contributed by atoms with Gasteiger partial charge < -0.3 is 20.3 Å². The third kappa shape index (κ3) is 4.81. The number of aliphatic carboxylic acids is 1. The molecule has 1 aliphatic heterocycles. The summed E-state index contributed by atoms with van der Waals surface area (Å²) in [5, 5.41) is 19.3. The van der Waals surface area contributed by atoms with Crippen LogP contribution in [0.25, 0.3) is 0 Å². The van der Waals surface area contributed by atoms with Gasteiger partial charge >= 0.3 is 18.1 Å². The van der Waals surface area contributed by atoms with E-state index in [0.29, 0.717) is 5.82 Å². The van der Waals surface area contributed by atoms with Gasteiger partial charge in [-0.15, -0.1) is 0 Å². The van der Waals surface area contributed by atoms with Crippen LogP contribution in [0.5, 0.6) is 0 Å². The normalized spacial score (nSPS) is 21.1. The number of hydrogen-bond acceptors (Lipinski definition) is 6. The molecule has 2 heterocycles. The number of carbonyl (C=O) groups is 2. The third-order valence-corrected chi connectivity index (χ3v) is 4.32. The van der Waals surface area contributed by atoms with E-state index in [0.717, 1.165) is 25.9 Å². The predicted molar refractivity (Wildman–Crippen MR) is 81.9 cm³/mol. The van der Waals surface area contributed by atoms with Crippen molar-refractivity contribution in [2.24, 2.45) is 0 Å². The van der Waals surface area contributed by atoms with Gasteiger partial charge in [0.05, 0.1) is 24.0 Å². The minimum Gasteiger partial charge on any atom is -0.476 e. The van der Waals surface area contributed by atoms with Crippen LogP contribution in [0.1, 0.15) is 42.6 Å². The van der Waals surface area contributed by atoms with Crippen molar-refractivity contribution in [1.82, 2.24) is 9.97 Å². The van der Waals surface area contributed by atoms with Gasteiger partial charge in [-0.1, -0.05) is 12.8 Å². The van der Waals surface area contributed by atoms with E-state index >= 15 is 0 Å². The smallest absolute Gasteiger partial charge is 0.476 e. The number of nitrogens with zero attached hydrogens (tertiary/aromatic N) is 2. The number of nitrogens with one attached hydrogen (secondary N) is 1. The van der Waals surface area contributed by atoms with Gasteiger partial charge in [0.2, 0.25) is 0 Å². The molecule has 0 amide bonds. The molecule has 0 radical (unpaired) electrons. The Morgan fingerprint density at radius 2 is 1.81 bits per heavy atom. The van der Waals surface area contributed by atoms with E-state index in [9.17, 15) is 18.0 Å². The number of aromatic carboxylic acids is 1. The number of anilines is 1. The van der Waals surface area contributed by atoms with Gasteiger partial charge in [0.15, 0.2) is 5.69 Å². The molecule has 1 atom stereocenters. The van der Waals surface area contributed by atoms with E-state index in [1.165, 1.54) is 25.2 Å². The first-order chi connectivity index (χ1) is 12.1. The van der Waals surface area contributed by atoms with E-state index < -0.39 is 18.1 Å². The Morgan fingerprint density at radius 3 is 2.27 bits per heavy atom. The lowest BCUT2D eigenvalue weighted by Crippen LogP contribution is -2.41. The molecule has 1 aromatic rings. The van der Waals surface area contributed by atoms with Crippen LogP contribution in [0.3, 0.4) is 0 Å². The highest BCUT2D eigenvalue weighted by Crippen LogP contribution is 2.42. The van der Waals surface area contributed by atoms with Crippen molar-refractivity contribution in [3.8, 4) is 0 Å². The lowest BCUT2D eigenvalue weighted by molar-refractivity contribution is -0.192. The Labute approximate surface area is 146 Å². The standard InChI is InChI=1S/C13H17N3O3.C2HF3O2/c17-12(18)9-7-15-11(8-14-9)16-10-3-6-19-13(10)4-1-2-5-13;3-2(4,5)1(6)7/h7-8,10H,1-6H2,(H,15,16)(H,17,18);(H,6,7). The van der Waals surface area contributed by atoms with Crippen molar-refractivity contribution in [2.75, 3.05) is 11.9 Å². The van der Waals surface area contributed by atoms with Crippen LogP contribution in [0.15, 0.2) is 12.4 Å². The quantitative estimate of drug-likeness (QED) is 0.734. The van der Waals surface area contributed by atoms with Crippen LogP contribution < -0.4 is 5.32 Å². The van der Waals surface area contributed by atoms with Gasteiger partial charge in [0.25, 0.3) is 0 Å². The Morgan fingerprint density at radius 1 is 1.19 bits per heavy atom. The molecular weight excluding hydrogens is 359 g/mol. The summed E-state index contributed by atoms with van der Waals surface area (Å²) in [6, 6.07) is 0.250. The number of carboxylic acid groups (broad SMARTS) is 2. The highest BCUT2D eigenvalue weighted by molar-refractivity contribution is 5.84. The maximum absolute atomic E-state index is 10.7. The molecule has 1 saturated heterocycles. The minimum atomic E-state index is -5.08. The molecule has 144 valence electrons. The zero-order valence-electron chi connectivity index (χ0n) is 13.6. The van der Waals surface area contributed by atoms with Gasteiger partial charge in [-0.25, -0.2) is 19.6 Å². The van der Waals surface area contributed by atoms with E-state index in [-0.39, 0.29) is 17.3 Å². The Kier molecular flexibility index (Phi) is 6.01. The van der Waals surface area contributed by atoms with Crippen LogP contribution in [0.4, 0.5) is 19.0 Å². The van der Waals surface area contributed by atoms with Gasteiger partial charge in [-0.05, 0) is 19.3 Å². The Bertz CT molecular complexity index is 639. The van der Waals surface area contributed by atoms with Crippen molar-refractivity contribution in [3.05, 3.63) is 18.1 Å². The van der Waals surface area contributed by atoms with Gasteiger partial charge in [-0.3, -0.25) is 0 Å². The molecule has 8 nitrogen and oxygen atoms in total. The summed E-state index contributed by atoms with van der Waals surface area (Å²) in [5.41, 5.74) is -0.0866. The molecule has 1 aromatic heterocycles. The number of rotatable bonds is 3. The zero-order chi connectivity index (χ0) is 19.4. The fraction of sp³-hybridized carbons (Fsp3) is 0.600. The van der Waals surface area contributed by atoms with Gasteiger partial charge in [0, 0.05) is 6.61 Å². The maximum atomic E-state index is 10.7. The van der Waals surface area contributed by atoms with Crippen molar-refractivity contribution >= 4 is 17.8 Å². The molecular formula is C15H18F3N3O5. The average Bonchev–Trinajstić information content (AvgIpc) is 3.19. The van der Waals surface area contributed by atoms with Crippen molar-refractivity contribution < 1.29 is 37.7 Å². The van der Waals surface area contributed by atoms with Gasteiger partial charge in [0.1, 0.15) is 5.82 Å². The zero-order valence-corrected chi connectivity index (χ0v) is 13.6. The molecule has 1 unspecified atom stereocenters. The molecule has 1 spiro atoms. The molecule has 1 aliphatic carbocycles.